The smallest absolute Gasteiger partial charge is 0.336 e. The number of hydrogen-bond donors (Lipinski definition) is 1. The lowest BCUT2D eigenvalue weighted by atomic mass is 10.1. The minimum Gasteiger partial charge on any atom is -0.423 e. The van der Waals surface area contributed by atoms with Crippen molar-refractivity contribution >= 4 is 34.2 Å². The number of anilines is 1. The molecular formula is C24H26ClN3O3. The molecule has 0 atom stereocenters. The minimum absolute atomic E-state index is 0.0409. The molecule has 0 bridgehead atoms. The highest BCUT2D eigenvalue weighted by Gasteiger charge is 2.20. The lowest BCUT2D eigenvalue weighted by Crippen LogP contribution is -2.48. The van der Waals surface area contributed by atoms with Crippen LogP contribution in [0.1, 0.15) is 16.7 Å². The van der Waals surface area contributed by atoms with Crippen molar-refractivity contribution in [3.63, 3.8) is 0 Å². The van der Waals surface area contributed by atoms with Crippen LogP contribution in [0.5, 0.6) is 0 Å². The molecule has 3 aromatic rings. The summed E-state index contributed by atoms with van der Waals surface area (Å²) in [5, 5.41) is 4.57. The third kappa shape index (κ3) is 5.15. The summed E-state index contributed by atoms with van der Waals surface area (Å²) >= 11 is 6.13. The number of benzene rings is 2. The van der Waals surface area contributed by atoms with Gasteiger partial charge < -0.3 is 9.73 Å². The van der Waals surface area contributed by atoms with Gasteiger partial charge in [0.05, 0.1) is 6.54 Å². The highest BCUT2D eigenvalue weighted by atomic mass is 35.5. The second-order valence-electron chi connectivity index (χ2n) is 8.10. The number of aryl methyl sites for hydroxylation is 1. The van der Waals surface area contributed by atoms with Gasteiger partial charge in [-0.1, -0.05) is 29.8 Å². The second kappa shape index (κ2) is 9.22. The molecule has 0 unspecified atom stereocenters. The highest BCUT2D eigenvalue weighted by molar-refractivity contribution is 6.31. The van der Waals surface area contributed by atoms with Crippen LogP contribution in [0.15, 0.2) is 51.7 Å². The number of hydrogen-bond acceptors (Lipinski definition) is 5. The minimum atomic E-state index is -0.320. The zero-order valence-corrected chi connectivity index (χ0v) is 18.5. The average Bonchev–Trinajstić information content (AvgIpc) is 2.72. The number of carbonyl (C=O) groups is 1. The van der Waals surface area contributed by atoms with Crippen LogP contribution in [-0.2, 0) is 11.3 Å². The average molecular weight is 440 g/mol. The van der Waals surface area contributed by atoms with E-state index in [2.05, 4.69) is 15.1 Å². The van der Waals surface area contributed by atoms with Crippen LogP contribution in [0.3, 0.4) is 0 Å². The summed E-state index contributed by atoms with van der Waals surface area (Å²) in [4.78, 5) is 28.9. The molecule has 1 aliphatic rings. The molecule has 6 nitrogen and oxygen atoms in total. The van der Waals surface area contributed by atoms with Crippen LogP contribution in [0, 0.1) is 13.8 Å². The molecule has 2 heterocycles. The fourth-order valence-corrected chi connectivity index (χ4v) is 4.12. The maximum Gasteiger partial charge on any atom is 0.336 e. The molecule has 1 amide bonds. The molecule has 0 spiro atoms. The summed E-state index contributed by atoms with van der Waals surface area (Å²) in [6, 6.07) is 13.0. The second-order valence-corrected chi connectivity index (χ2v) is 8.51. The Labute approximate surface area is 186 Å². The lowest BCUT2D eigenvalue weighted by molar-refractivity contribution is -0.117. The first kappa shape index (κ1) is 21.6. The molecular weight excluding hydrogens is 414 g/mol. The first-order valence-corrected chi connectivity index (χ1v) is 10.8. The zero-order chi connectivity index (χ0) is 22.0. The van der Waals surface area contributed by atoms with E-state index in [9.17, 15) is 9.59 Å². The molecule has 31 heavy (non-hydrogen) atoms. The Kier molecular flexibility index (Phi) is 6.41. The summed E-state index contributed by atoms with van der Waals surface area (Å²) in [6.45, 7) is 8.15. The molecule has 0 radical (unpaired) electrons. The fraction of sp³-hybridized carbons (Fsp3) is 0.333. The summed E-state index contributed by atoms with van der Waals surface area (Å²) in [5.74, 6) is -0.0409. The summed E-state index contributed by atoms with van der Waals surface area (Å²) in [6.07, 6.45) is 0. The van der Waals surface area contributed by atoms with Crippen molar-refractivity contribution in [2.24, 2.45) is 0 Å². The van der Waals surface area contributed by atoms with Crippen LogP contribution < -0.4 is 10.9 Å². The van der Waals surface area contributed by atoms with E-state index in [0.717, 1.165) is 53.9 Å². The first-order valence-electron chi connectivity index (χ1n) is 10.4. The molecule has 1 fully saturated rings. The van der Waals surface area contributed by atoms with Crippen molar-refractivity contribution in [1.29, 1.82) is 0 Å². The van der Waals surface area contributed by atoms with Crippen LogP contribution >= 0.6 is 11.6 Å². The maximum atomic E-state index is 12.5. The first-order chi connectivity index (χ1) is 14.9. The van der Waals surface area contributed by atoms with E-state index < -0.39 is 0 Å². The molecule has 1 aliphatic heterocycles. The van der Waals surface area contributed by atoms with Gasteiger partial charge in [-0.15, -0.1) is 0 Å². The number of rotatable bonds is 5. The molecule has 2 aromatic carbocycles. The standard InChI is InChI=1S/C24H26ClN3O3/c1-16-6-7-19-18(13-24(30)31-22(19)12-16)14-27-8-10-28(11-9-27)15-23(29)26-21-5-3-4-20(25)17(21)2/h3-7,12-13H,8-11,14-15H2,1-2H3,(H,26,29). The van der Waals surface area contributed by atoms with E-state index in [1.165, 1.54) is 0 Å². The van der Waals surface area contributed by atoms with E-state index in [0.29, 0.717) is 23.7 Å². The quantitative estimate of drug-likeness (QED) is 0.612. The van der Waals surface area contributed by atoms with Crippen LogP contribution in [0.2, 0.25) is 5.02 Å². The summed E-state index contributed by atoms with van der Waals surface area (Å²) < 4.78 is 5.36. The predicted molar refractivity (Wildman–Crippen MR) is 124 cm³/mol. The number of nitrogens with one attached hydrogen (secondary N) is 1. The lowest BCUT2D eigenvalue weighted by Gasteiger charge is -2.34. The Morgan fingerprint density at radius 2 is 1.81 bits per heavy atom. The van der Waals surface area contributed by atoms with Gasteiger partial charge in [0.1, 0.15) is 5.58 Å². The van der Waals surface area contributed by atoms with Gasteiger partial charge in [-0.3, -0.25) is 14.6 Å². The Balaban J connectivity index is 1.34. The van der Waals surface area contributed by atoms with Crippen molar-refractivity contribution in [1.82, 2.24) is 9.80 Å². The third-order valence-corrected chi connectivity index (χ3v) is 6.16. The number of nitrogens with zero attached hydrogens (tertiary/aromatic N) is 2. The van der Waals surface area contributed by atoms with Gasteiger partial charge in [0.25, 0.3) is 0 Å². The Bertz CT molecular complexity index is 1170. The zero-order valence-electron chi connectivity index (χ0n) is 17.8. The number of fused-ring (bicyclic) bond motifs is 1. The number of piperazine rings is 1. The molecule has 7 heteroatoms. The molecule has 0 aliphatic carbocycles. The Morgan fingerprint density at radius 3 is 2.58 bits per heavy atom. The molecule has 1 saturated heterocycles. The number of halogens is 1. The van der Waals surface area contributed by atoms with Crippen molar-refractivity contribution < 1.29 is 9.21 Å². The fourth-order valence-electron chi connectivity index (χ4n) is 3.95. The maximum absolute atomic E-state index is 12.5. The van der Waals surface area contributed by atoms with E-state index in [4.69, 9.17) is 16.0 Å². The van der Waals surface area contributed by atoms with Crippen molar-refractivity contribution in [2.45, 2.75) is 20.4 Å². The normalized spacial score (nSPS) is 15.3. The van der Waals surface area contributed by atoms with Crippen molar-refractivity contribution in [3.8, 4) is 0 Å². The third-order valence-electron chi connectivity index (χ3n) is 5.75. The monoisotopic (exact) mass is 439 g/mol. The molecule has 0 saturated carbocycles. The van der Waals surface area contributed by atoms with Gasteiger partial charge in [-0.25, -0.2) is 4.79 Å². The highest BCUT2D eigenvalue weighted by Crippen LogP contribution is 2.23. The summed E-state index contributed by atoms with van der Waals surface area (Å²) in [5.41, 5.74) is 3.98. The molecule has 162 valence electrons. The Hall–Kier alpha value is -2.67. The van der Waals surface area contributed by atoms with Gasteiger partial charge >= 0.3 is 5.63 Å². The van der Waals surface area contributed by atoms with Crippen molar-refractivity contribution in [2.75, 3.05) is 38.0 Å². The predicted octanol–water partition coefficient (Wildman–Crippen LogP) is 3.82. The van der Waals surface area contributed by atoms with Crippen LogP contribution in [-0.4, -0.2) is 48.4 Å². The van der Waals surface area contributed by atoms with Gasteiger partial charge in [-0.05, 0) is 48.7 Å². The number of carbonyl (C=O) groups excluding carboxylic acids is 1. The van der Waals surface area contributed by atoms with E-state index in [1.807, 2.05) is 50.2 Å². The van der Waals surface area contributed by atoms with E-state index in [1.54, 1.807) is 6.07 Å². The number of amides is 1. The molecule has 4 rings (SSSR count). The van der Waals surface area contributed by atoms with E-state index in [-0.39, 0.29) is 11.5 Å². The Morgan fingerprint density at radius 1 is 1.06 bits per heavy atom. The summed E-state index contributed by atoms with van der Waals surface area (Å²) in [7, 11) is 0. The SMILES string of the molecule is Cc1ccc2c(CN3CCN(CC(=O)Nc4cccc(Cl)c4C)CC3)cc(=O)oc2c1. The van der Waals surface area contributed by atoms with Gasteiger partial charge in [0.15, 0.2) is 0 Å². The largest absolute Gasteiger partial charge is 0.423 e. The van der Waals surface area contributed by atoms with Gasteiger partial charge in [-0.2, -0.15) is 0 Å². The van der Waals surface area contributed by atoms with Crippen LogP contribution in [0.25, 0.3) is 11.0 Å². The molecule has 1 N–H and O–H groups in total. The van der Waals surface area contributed by atoms with Crippen LogP contribution in [0.4, 0.5) is 5.69 Å². The van der Waals surface area contributed by atoms with Gasteiger partial charge in [0, 0.05) is 54.9 Å². The van der Waals surface area contributed by atoms with Gasteiger partial charge in [0.2, 0.25) is 5.91 Å². The van der Waals surface area contributed by atoms with E-state index >= 15 is 0 Å². The topological polar surface area (TPSA) is 65.8 Å². The molecule has 1 aromatic heterocycles. The van der Waals surface area contributed by atoms with Crippen molar-refractivity contribution in [3.05, 3.63) is 74.6 Å².